The van der Waals surface area contributed by atoms with Gasteiger partial charge in [0.05, 0.1) is 13.2 Å². The number of benzene rings is 2. The second-order valence-corrected chi connectivity index (χ2v) is 5.91. The van der Waals surface area contributed by atoms with Gasteiger partial charge in [-0.05, 0) is 43.3 Å². The molecule has 26 heavy (non-hydrogen) atoms. The molecule has 6 heteroatoms. The molecule has 2 atom stereocenters. The van der Waals surface area contributed by atoms with Crippen LogP contribution in [0.5, 0.6) is 0 Å². The SMILES string of the molecule is Bc1ccc(C#Cc2ccc(C(=O)N[C@H](C(=O)OC)[C@@H](C)O)cc2)cc1. The molecule has 132 valence electrons. The summed E-state index contributed by atoms with van der Waals surface area (Å²) >= 11 is 0. The summed E-state index contributed by atoms with van der Waals surface area (Å²) in [7, 11) is 3.22. The van der Waals surface area contributed by atoms with Gasteiger partial charge in [-0.15, -0.1) is 0 Å². The van der Waals surface area contributed by atoms with Gasteiger partial charge < -0.3 is 15.2 Å². The normalized spacial score (nSPS) is 12.3. The average Bonchev–Trinajstić information content (AvgIpc) is 2.65. The van der Waals surface area contributed by atoms with E-state index in [2.05, 4.69) is 21.9 Å². The van der Waals surface area contributed by atoms with Crippen LogP contribution in [0.3, 0.4) is 0 Å². The zero-order chi connectivity index (χ0) is 19.1. The van der Waals surface area contributed by atoms with Crippen LogP contribution < -0.4 is 10.8 Å². The largest absolute Gasteiger partial charge is 0.467 e. The predicted molar refractivity (Wildman–Crippen MR) is 102 cm³/mol. The number of nitrogens with one attached hydrogen (secondary N) is 1. The molecule has 2 rings (SSSR count). The van der Waals surface area contributed by atoms with Crippen LogP contribution in [0.4, 0.5) is 0 Å². The Hall–Kier alpha value is -3.04. The Balaban J connectivity index is 2.08. The van der Waals surface area contributed by atoms with E-state index in [-0.39, 0.29) is 0 Å². The zero-order valence-electron chi connectivity index (χ0n) is 14.9. The Labute approximate surface area is 153 Å². The van der Waals surface area contributed by atoms with Crippen LogP contribution in [0, 0.1) is 11.8 Å². The number of aliphatic hydroxyl groups excluding tert-OH is 1. The minimum atomic E-state index is -1.12. The van der Waals surface area contributed by atoms with Gasteiger partial charge in [-0.2, -0.15) is 0 Å². The third kappa shape index (κ3) is 5.23. The van der Waals surface area contributed by atoms with Gasteiger partial charge in [0.25, 0.3) is 5.91 Å². The quantitative estimate of drug-likeness (QED) is 0.463. The summed E-state index contributed by atoms with van der Waals surface area (Å²) in [6.45, 7) is 1.41. The van der Waals surface area contributed by atoms with Crippen molar-refractivity contribution >= 4 is 25.2 Å². The molecule has 0 aromatic heterocycles. The third-order valence-corrected chi connectivity index (χ3v) is 3.77. The van der Waals surface area contributed by atoms with E-state index in [4.69, 9.17) is 0 Å². The highest BCUT2D eigenvalue weighted by atomic mass is 16.5. The zero-order valence-corrected chi connectivity index (χ0v) is 14.9. The van der Waals surface area contributed by atoms with Gasteiger partial charge in [0.1, 0.15) is 7.85 Å². The number of carbonyl (C=O) groups is 2. The maximum absolute atomic E-state index is 12.2. The average molecular weight is 349 g/mol. The van der Waals surface area contributed by atoms with Gasteiger partial charge in [-0.3, -0.25) is 4.79 Å². The lowest BCUT2D eigenvalue weighted by Crippen LogP contribution is -2.48. The number of rotatable bonds is 4. The molecule has 0 bridgehead atoms. The molecule has 0 aliphatic carbocycles. The molecule has 5 nitrogen and oxygen atoms in total. The Morgan fingerprint density at radius 1 is 1.04 bits per heavy atom. The number of ether oxygens (including phenoxy) is 1. The van der Waals surface area contributed by atoms with Gasteiger partial charge in [-0.25, -0.2) is 4.79 Å². The minimum absolute atomic E-state index is 0.362. The first-order chi connectivity index (χ1) is 12.4. The van der Waals surface area contributed by atoms with E-state index in [0.717, 1.165) is 11.1 Å². The number of hydrogen-bond donors (Lipinski definition) is 2. The number of esters is 1. The maximum Gasteiger partial charge on any atom is 0.331 e. The lowest BCUT2D eigenvalue weighted by Gasteiger charge is -2.18. The molecule has 0 radical (unpaired) electrons. The summed E-state index contributed by atoms with van der Waals surface area (Å²) in [5.74, 6) is 4.93. The summed E-state index contributed by atoms with van der Waals surface area (Å²) in [6.07, 6.45) is -1.06. The van der Waals surface area contributed by atoms with Crippen molar-refractivity contribution < 1.29 is 19.4 Å². The number of methoxy groups -OCH3 is 1. The monoisotopic (exact) mass is 349 g/mol. The lowest BCUT2D eigenvalue weighted by atomic mass is 9.95. The molecule has 0 aliphatic rings. The summed E-state index contributed by atoms with van der Waals surface area (Å²) in [6, 6.07) is 13.5. The molecule has 2 N–H and O–H groups in total. The fraction of sp³-hybridized carbons (Fsp3) is 0.200. The standard InChI is InChI=1S/C20H20BNO4/c1-13(23)18(20(25)26-2)22-19(24)16-9-5-14(6-10-16)3-4-15-7-11-17(21)12-8-15/h5-13,18,23H,21H2,1-2H3,(H,22,24)/t13-,18+/m1/s1. The van der Waals surface area contributed by atoms with Crippen molar-refractivity contribution in [1.82, 2.24) is 5.32 Å². The topological polar surface area (TPSA) is 75.6 Å². The second-order valence-electron chi connectivity index (χ2n) is 5.91. The van der Waals surface area contributed by atoms with E-state index < -0.39 is 24.0 Å². The van der Waals surface area contributed by atoms with Crippen molar-refractivity contribution in [2.75, 3.05) is 7.11 Å². The smallest absolute Gasteiger partial charge is 0.331 e. The summed E-state index contributed by atoms with van der Waals surface area (Å²) in [4.78, 5) is 23.8. The van der Waals surface area contributed by atoms with Crippen LogP contribution in [0.1, 0.15) is 28.4 Å². The van der Waals surface area contributed by atoms with Gasteiger partial charge in [-0.1, -0.05) is 29.4 Å². The molecule has 1 amide bonds. The molecule has 0 unspecified atom stereocenters. The van der Waals surface area contributed by atoms with Crippen LogP contribution in [0.2, 0.25) is 0 Å². The molecular weight excluding hydrogens is 329 g/mol. The number of hydrogen-bond acceptors (Lipinski definition) is 4. The van der Waals surface area contributed by atoms with E-state index in [1.807, 2.05) is 32.1 Å². The fourth-order valence-corrected chi connectivity index (χ4v) is 2.21. The first-order valence-electron chi connectivity index (χ1n) is 8.16. The first-order valence-corrected chi connectivity index (χ1v) is 8.16. The number of amides is 1. The third-order valence-electron chi connectivity index (χ3n) is 3.77. The number of aliphatic hydroxyl groups is 1. The summed E-state index contributed by atoms with van der Waals surface area (Å²) in [5.41, 5.74) is 3.21. The molecule has 0 saturated carbocycles. The van der Waals surface area contributed by atoms with Crippen molar-refractivity contribution in [2.24, 2.45) is 0 Å². The van der Waals surface area contributed by atoms with E-state index in [1.54, 1.807) is 24.3 Å². The minimum Gasteiger partial charge on any atom is -0.467 e. The fourth-order valence-electron chi connectivity index (χ4n) is 2.21. The van der Waals surface area contributed by atoms with E-state index in [9.17, 15) is 14.7 Å². The molecule has 0 fully saturated rings. The van der Waals surface area contributed by atoms with Crippen LogP contribution in [-0.2, 0) is 9.53 Å². The second kappa shape index (κ2) is 8.88. The molecule has 0 heterocycles. The summed E-state index contributed by atoms with van der Waals surface area (Å²) < 4.78 is 4.58. The van der Waals surface area contributed by atoms with Crippen LogP contribution in [0.15, 0.2) is 48.5 Å². The van der Waals surface area contributed by atoms with E-state index in [1.165, 1.54) is 19.5 Å². The Kier molecular flexibility index (Phi) is 6.59. The van der Waals surface area contributed by atoms with Crippen LogP contribution in [-0.4, -0.2) is 44.1 Å². The molecule has 2 aromatic carbocycles. The maximum atomic E-state index is 12.2. The van der Waals surface area contributed by atoms with E-state index >= 15 is 0 Å². The highest BCUT2D eigenvalue weighted by molar-refractivity contribution is 6.32. The van der Waals surface area contributed by atoms with Crippen molar-refractivity contribution in [3.05, 3.63) is 65.2 Å². The van der Waals surface area contributed by atoms with Crippen molar-refractivity contribution in [1.29, 1.82) is 0 Å². The molecule has 0 spiro atoms. The van der Waals surface area contributed by atoms with Gasteiger partial charge in [0, 0.05) is 16.7 Å². The Bertz CT molecular complexity index is 833. The van der Waals surface area contributed by atoms with Gasteiger partial charge >= 0.3 is 5.97 Å². The Morgan fingerprint density at radius 2 is 1.54 bits per heavy atom. The predicted octanol–water partition coefficient (Wildman–Crippen LogP) is -0.00300. The molecular formula is C20H20BNO4. The van der Waals surface area contributed by atoms with Crippen molar-refractivity contribution in [3.8, 4) is 11.8 Å². The van der Waals surface area contributed by atoms with Crippen molar-refractivity contribution in [3.63, 3.8) is 0 Å². The van der Waals surface area contributed by atoms with Gasteiger partial charge in [0.2, 0.25) is 0 Å². The first kappa shape index (κ1) is 19.3. The molecule has 0 aliphatic heterocycles. The van der Waals surface area contributed by atoms with Gasteiger partial charge in [0.15, 0.2) is 6.04 Å². The summed E-state index contributed by atoms with van der Waals surface area (Å²) in [5, 5.41) is 12.1. The van der Waals surface area contributed by atoms with Crippen LogP contribution >= 0.6 is 0 Å². The molecule has 2 aromatic rings. The number of carbonyl (C=O) groups excluding carboxylic acids is 2. The van der Waals surface area contributed by atoms with Crippen molar-refractivity contribution in [2.45, 2.75) is 19.1 Å². The highest BCUT2D eigenvalue weighted by Gasteiger charge is 2.26. The van der Waals surface area contributed by atoms with E-state index in [0.29, 0.717) is 5.56 Å². The van der Waals surface area contributed by atoms with Crippen LogP contribution in [0.25, 0.3) is 0 Å². The Morgan fingerprint density at radius 3 is 2.00 bits per heavy atom. The lowest BCUT2D eigenvalue weighted by molar-refractivity contribution is -0.145. The molecule has 0 saturated heterocycles. The highest BCUT2D eigenvalue weighted by Crippen LogP contribution is 2.06.